The highest BCUT2D eigenvalue weighted by atomic mass is 16.2. The second-order valence-electron chi connectivity index (χ2n) is 6.22. The number of anilines is 1. The molecule has 1 aliphatic carbocycles. The molecule has 1 aromatic rings. The molecule has 2 N–H and O–H groups in total. The molecule has 1 fully saturated rings. The van der Waals surface area contributed by atoms with E-state index in [-0.39, 0.29) is 11.9 Å². The number of rotatable bonds is 7. The first-order chi connectivity index (χ1) is 9.95. The molecule has 1 aliphatic rings. The Labute approximate surface area is 127 Å². The summed E-state index contributed by atoms with van der Waals surface area (Å²) in [5.41, 5.74) is 2.30. The van der Waals surface area contributed by atoms with Gasteiger partial charge < -0.3 is 15.5 Å². The monoisotopic (exact) mass is 290 g/mol. The molecule has 21 heavy (non-hydrogen) atoms. The van der Waals surface area contributed by atoms with Crippen LogP contribution in [0.3, 0.4) is 0 Å². The van der Waals surface area contributed by atoms with Crippen molar-refractivity contribution in [3.63, 3.8) is 0 Å². The minimum atomic E-state index is 0.0215. The van der Waals surface area contributed by atoms with E-state index in [0.717, 1.165) is 17.9 Å². The summed E-state index contributed by atoms with van der Waals surface area (Å²) in [6.07, 6.45) is 4.48. The van der Waals surface area contributed by atoms with Crippen LogP contribution in [0.2, 0.25) is 0 Å². The molecule has 0 radical (unpaired) electrons. The van der Waals surface area contributed by atoms with Gasteiger partial charge in [0.15, 0.2) is 0 Å². The van der Waals surface area contributed by atoms with Gasteiger partial charge in [0, 0.05) is 31.9 Å². The van der Waals surface area contributed by atoms with E-state index < -0.39 is 0 Å². The van der Waals surface area contributed by atoms with Crippen LogP contribution in [0.25, 0.3) is 0 Å². The highest BCUT2D eigenvalue weighted by Gasteiger charge is 2.20. The van der Waals surface area contributed by atoms with Crippen LogP contribution in [-0.2, 0) is 11.3 Å². The van der Waals surface area contributed by atoms with Crippen LogP contribution in [0.1, 0.15) is 37.8 Å². The van der Waals surface area contributed by atoms with Crippen LogP contribution >= 0.6 is 0 Å². The molecule has 5 nitrogen and oxygen atoms in total. The first-order valence-corrected chi connectivity index (χ1v) is 7.65. The van der Waals surface area contributed by atoms with Crippen LogP contribution in [0.5, 0.6) is 0 Å². The first kappa shape index (κ1) is 15.8. The normalized spacial score (nSPS) is 14.3. The second kappa shape index (κ2) is 6.89. The Morgan fingerprint density at radius 2 is 2.19 bits per heavy atom. The molecular formula is C16H26N4O. The van der Waals surface area contributed by atoms with E-state index in [9.17, 15) is 4.79 Å². The average Bonchev–Trinajstić information content (AvgIpc) is 3.19. The number of aryl methyl sites for hydroxylation is 1. The van der Waals surface area contributed by atoms with Crippen molar-refractivity contribution in [3.8, 4) is 0 Å². The van der Waals surface area contributed by atoms with E-state index in [4.69, 9.17) is 0 Å². The number of carbonyl (C=O) groups is 1. The number of nitrogens with one attached hydrogen (secondary N) is 2. The molecule has 1 saturated carbocycles. The van der Waals surface area contributed by atoms with Crippen molar-refractivity contribution in [1.29, 1.82) is 0 Å². The fraction of sp³-hybridized carbons (Fsp3) is 0.625. The van der Waals surface area contributed by atoms with Crippen molar-refractivity contribution in [3.05, 3.63) is 23.4 Å². The van der Waals surface area contributed by atoms with Gasteiger partial charge in [-0.3, -0.25) is 4.79 Å². The fourth-order valence-corrected chi connectivity index (χ4v) is 2.33. The summed E-state index contributed by atoms with van der Waals surface area (Å²) in [6.45, 7) is 7.16. The molecule has 0 bridgehead atoms. The largest absolute Gasteiger partial charge is 0.352 e. The number of aromatic nitrogens is 1. The molecule has 116 valence electrons. The van der Waals surface area contributed by atoms with E-state index in [0.29, 0.717) is 12.6 Å². The molecule has 2 rings (SSSR count). The van der Waals surface area contributed by atoms with Crippen LogP contribution in [-0.4, -0.2) is 36.6 Å². The maximum atomic E-state index is 11.8. The molecule has 0 aromatic carbocycles. The number of nitrogens with zero attached hydrogens (tertiary/aromatic N) is 2. The van der Waals surface area contributed by atoms with Crippen molar-refractivity contribution in [2.45, 2.75) is 52.2 Å². The molecule has 0 unspecified atom stereocenters. The lowest BCUT2D eigenvalue weighted by atomic mass is 10.2. The van der Waals surface area contributed by atoms with E-state index in [1.54, 1.807) is 0 Å². The molecule has 0 spiro atoms. The third kappa shape index (κ3) is 5.01. The van der Waals surface area contributed by atoms with E-state index in [1.165, 1.54) is 18.4 Å². The van der Waals surface area contributed by atoms with Crippen molar-refractivity contribution < 1.29 is 4.79 Å². The Kier molecular flexibility index (Phi) is 5.17. The van der Waals surface area contributed by atoms with Crippen LogP contribution in [0, 0.1) is 6.92 Å². The number of amides is 1. The summed E-state index contributed by atoms with van der Waals surface area (Å²) < 4.78 is 0. The second-order valence-corrected chi connectivity index (χ2v) is 6.22. The molecule has 1 amide bonds. The van der Waals surface area contributed by atoms with Gasteiger partial charge in [-0.2, -0.15) is 0 Å². The van der Waals surface area contributed by atoms with E-state index >= 15 is 0 Å². The quantitative estimate of drug-likeness (QED) is 0.801. The molecule has 0 atom stereocenters. The summed E-state index contributed by atoms with van der Waals surface area (Å²) in [5.74, 6) is 0.886. The molecule has 0 saturated heterocycles. The highest BCUT2D eigenvalue weighted by molar-refractivity contribution is 5.81. The third-order valence-electron chi connectivity index (χ3n) is 3.47. The van der Waals surface area contributed by atoms with Crippen LogP contribution in [0.15, 0.2) is 12.3 Å². The Hall–Kier alpha value is -1.62. The van der Waals surface area contributed by atoms with Crippen molar-refractivity contribution in [2.75, 3.05) is 18.5 Å². The topological polar surface area (TPSA) is 57.3 Å². The van der Waals surface area contributed by atoms with E-state index in [1.807, 2.05) is 38.9 Å². The van der Waals surface area contributed by atoms with Gasteiger partial charge in [0.05, 0.1) is 6.54 Å². The van der Waals surface area contributed by atoms with Gasteiger partial charge in [-0.1, -0.05) is 0 Å². The summed E-state index contributed by atoms with van der Waals surface area (Å²) in [7, 11) is 1.90. The number of carbonyl (C=O) groups excluding carboxylic acids is 1. The maximum Gasteiger partial charge on any atom is 0.239 e. The highest BCUT2D eigenvalue weighted by Crippen LogP contribution is 2.20. The van der Waals surface area contributed by atoms with Crippen molar-refractivity contribution in [1.82, 2.24) is 15.6 Å². The van der Waals surface area contributed by atoms with Gasteiger partial charge in [0.2, 0.25) is 5.91 Å². The van der Waals surface area contributed by atoms with Gasteiger partial charge in [0.25, 0.3) is 0 Å². The van der Waals surface area contributed by atoms with Gasteiger partial charge in [-0.05, 0) is 50.8 Å². The minimum Gasteiger partial charge on any atom is -0.352 e. The number of pyridine rings is 1. The lowest BCUT2D eigenvalue weighted by Crippen LogP contribution is -2.39. The van der Waals surface area contributed by atoms with Gasteiger partial charge in [0.1, 0.15) is 5.82 Å². The zero-order valence-corrected chi connectivity index (χ0v) is 13.4. The Balaban J connectivity index is 1.93. The summed E-state index contributed by atoms with van der Waals surface area (Å²) >= 11 is 0. The van der Waals surface area contributed by atoms with E-state index in [2.05, 4.69) is 21.7 Å². The molecular weight excluding hydrogens is 264 g/mol. The fourth-order valence-electron chi connectivity index (χ4n) is 2.33. The zero-order valence-electron chi connectivity index (χ0n) is 13.4. The smallest absolute Gasteiger partial charge is 0.239 e. The first-order valence-electron chi connectivity index (χ1n) is 7.65. The van der Waals surface area contributed by atoms with Crippen molar-refractivity contribution in [2.24, 2.45) is 0 Å². The maximum absolute atomic E-state index is 11.8. The molecule has 1 heterocycles. The lowest BCUT2D eigenvalue weighted by molar-refractivity contribution is -0.120. The zero-order chi connectivity index (χ0) is 15.4. The lowest BCUT2D eigenvalue weighted by Gasteiger charge is -2.21. The SMILES string of the molecule is Cc1cc(CNC2CC2)cnc1N(C)CC(=O)NC(C)C. The third-order valence-corrected chi connectivity index (χ3v) is 3.47. The van der Waals surface area contributed by atoms with Crippen LogP contribution in [0.4, 0.5) is 5.82 Å². The molecule has 0 aliphatic heterocycles. The van der Waals surface area contributed by atoms with Crippen LogP contribution < -0.4 is 15.5 Å². The summed E-state index contributed by atoms with van der Waals surface area (Å²) in [5, 5.41) is 6.38. The minimum absolute atomic E-state index is 0.0215. The van der Waals surface area contributed by atoms with Gasteiger partial charge in [-0.25, -0.2) is 4.98 Å². The number of hydrogen-bond acceptors (Lipinski definition) is 4. The predicted molar refractivity (Wildman–Crippen MR) is 85.4 cm³/mol. The predicted octanol–water partition coefficient (Wildman–Crippen LogP) is 1.60. The summed E-state index contributed by atoms with van der Waals surface area (Å²) in [6, 6.07) is 3.01. The Morgan fingerprint density at radius 3 is 2.76 bits per heavy atom. The van der Waals surface area contributed by atoms with Crippen molar-refractivity contribution >= 4 is 11.7 Å². The molecule has 5 heteroatoms. The van der Waals surface area contributed by atoms with Gasteiger partial charge in [-0.15, -0.1) is 0 Å². The molecule has 1 aromatic heterocycles. The Bertz CT molecular complexity index is 497. The Morgan fingerprint density at radius 1 is 1.48 bits per heavy atom. The standard InChI is InChI=1S/C16H26N4O/c1-11(2)19-15(21)10-20(4)16-12(3)7-13(9-18-16)8-17-14-5-6-14/h7,9,11,14,17H,5-6,8,10H2,1-4H3,(H,19,21). The van der Waals surface area contributed by atoms with Gasteiger partial charge >= 0.3 is 0 Å². The number of likely N-dealkylation sites (N-methyl/N-ethyl adjacent to an activating group) is 1. The average molecular weight is 290 g/mol. The summed E-state index contributed by atoms with van der Waals surface area (Å²) in [4.78, 5) is 18.2. The number of hydrogen-bond donors (Lipinski definition) is 2.